The molecule has 0 aliphatic heterocycles. The molecule has 0 aromatic carbocycles. The fourth-order valence-electron chi connectivity index (χ4n) is 0.956. The SMILES string of the molecule is CC(C)(O)/C=C/C=C\CCCCC=O. The molecule has 0 aromatic rings. The largest absolute Gasteiger partial charge is 0.386 e. The van der Waals surface area contributed by atoms with Crippen molar-refractivity contribution in [2.45, 2.75) is 45.1 Å². The molecule has 0 heterocycles. The van der Waals surface area contributed by atoms with E-state index in [1.807, 2.05) is 18.2 Å². The van der Waals surface area contributed by atoms with Gasteiger partial charge in [0.25, 0.3) is 0 Å². The molecule has 0 fully saturated rings. The van der Waals surface area contributed by atoms with Crippen LogP contribution >= 0.6 is 0 Å². The van der Waals surface area contributed by atoms with Crippen LogP contribution in [0.3, 0.4) is 0 Å². The molecule has 0 radical (unpaired) electrons. The Labute approximate surface area is 86.3 Å². The molecule has 14 heavy (non-hydrogen) atoms. The van der Waals surface area contributed by atoms with Gasteiger partial charge < -0.3 is 9.90 Å². The minimum Gasteiger partial charge on any atom is -0.386 e. The number of aldehydes is 1. The molecule has 0 bridgehead atoms. The van der Waals surface area contributed by atoms with Crippen molar-refractivity contribution in [3.63, 3.8) is 0 Å². The average Bonchev–Trinajstić information content (AvgIpc) is 2.08. The highest BCUT2D eigenvalue weighted by molar-refractivity contribution is 5.48. The Morgan fingerprint density at radius 1 is 1.14 bits per heavy atom. The first-order valence-corrected chi connectivity index (χ1v) is 5.06. The van der Waals surface area contributed by atoms with E-state index in [0.717, 1.165) is 25.5 Å². The third kappa shape index (κ3) is 11.1. The smallest absolute Gasteiger partial charge is 0.119 e. The highest BCUT2D eigenvalue weighted by atomic mass is 16.3. The molecular weight excluding hydrogens is 176 g/mol. The fourth-order valence-corrected chi connectivity index (χ4v) is 0.956. The number of carbonyl (C=O) groups is 1. The van der Waals surface area contributed by atoms with Gasteiger partial charge in [0.2, 0.25) is 0 Å². The van der Waals surface area contributed by atoms with Crippen molar-refractivity contribution >= 4 is 6.29 Å². The van der Waals surface area contributed by atoms with Crippen molar-refractivity contribution in [1.29, 1.82) is 0 Å². The van der Waals surface area contributed by atoms with Crippen LogP contribution in [0.2, 0.25) is 0 Å². The predicted molar refractivity (Wildman–Crippen MR) is 59.1 cm³/mol. The van der Waals surface area contributed by atoms with E-state index in [1.54, 1.807) is 19.9 Å². The number of carbonyl (C=O) groups excluding carboxylic acids is 1. The summed E-state index contributed by atoms with van der Waals surface area (Å²) in [6.45, 7) is 3.48. The first-order valence-electron chi connectivity index (χ1n) is 5.06. The molecule has 0 rings (SSSR count). The predicted octanol–water partition coefficient (Wildman–Crippen LogP) is 2.63. The van der Waals surface area contributed by atoms with Crippen molar-refractivity contribution in [2.75, 3.05) is 0 Å². The molecule has 0 amide bonds. The van der Waals surface area contributed by atoms with E-state index < -0.39 is 5.60 Å². The van der Waals surface area contributed by atoms with Gasteiger partial charge in [-0.25, -0.2) is 0 Å². The number of allylic oxidation sites excluding steroid dienone is 3. The third-order valence-corrected chi connectivity index (χ3v) is 1.69. The van der Waals surface area contributed by atoms with Crippen LogP contribution in [0.25, 0.3) is 0 Å². The lowest BCUT2D eigenvalue weighted by Gasteiger charge is -2.08. The maximum absolute atomic E-state index is 9.99. The second-order valence-corrected chi connectivity index (χ2v) is 3.89. The molecule has 0 aromatic heterocycles. The second kappa shape index (κ2) is 7.51. The number of rotatable bonds is 7. The van der Waals surface area contributed by atoms with Gasteiger partial charge in [-0.15, -0.1) is 0 Å². The van der Waals surface area contributed by atoms with Gasteiger partial charge in [0.05, 0.1) is 5.60 Å². The topological polar surface area (TPSA) is 37.3 Å². The van der Waals surface area contributed by atoms with Crippen LogP contribution in [0.4, 0.5) is 0 Å². The minimum atomic E-state index is -0.734. The molecule has 2 heteroatoms. The van der Waals surface area contributed by atoms with Crippen molar-refractivity contribution in [3.8, 4) is 0 Å². The second-order valence-electron chi connectivity index (χ2n) is 3.89. The van der Waals surface area contributed by atoms with Crippen LogP contribution < -0.4 is 0 Å². The van der Waals surface area contributed by atoms with E-state index in [-0.39, 0.29) is 0 Å². The molecule has 1 N–H and O–H groups in total. The molecule has 0 saturated heterocycles. The van der Waals surface area contributed by atoms with Crippen LogP contribution in [-0.4, -0.2) is 17.0 Å². The lowest BCUT2D eigenvalue weighted by molar-refractivity contribution is -0.107. The summed E-state index contributed by atoms with van der Waals surface area (Å²) in [5, 5.41) is 9.33. The van der Waals surface area contributed by atoms with Crippen LogP contribution in [0.15, 0.2) is 24.3 Å². The van der Waals surface area contributed by atoms with Crippen molar-refractivity contribution < 1.29 is 9.90 Å². The van der Waals surface area contributed by atoms with E-state index in [9.17, 15) is 9.90 Å². The Kier molecular flexibility index (Phi) is 7.03. The Morgan fingerprint density at radius 2 is 1.79 bits per heavy atom. The van der Waals surface area contributed by atoms with E-state index in [1.165, 1.54) is 0 Å². The van der Waals surface area contributed by atoms with E-state index in [0.29, 0.717) is 6.42 Å². The number of unbranched alkanes of at least 4 members (excludes halogenated alkanes) is 3. The Morgan fingerprint density at radius 3 is 2.36 bits per heavy atom. The molecular formula is C12H20O2. The zero-order valence-electron chi connectivity index (χ0n) is 9.07. The molecule has 80 valence electrons. The minimum absolute atomic E-state index is 0.660. The maximum atomic E-state index is 9.99. The lowest BCUT2D eigenvalue weighted by atomic mass is 10.1. The Hall–Kier alpha value is -0.890. The summed E-state index contributed by atoms with van der Waals surface area (Å²) in [5.41, 5.74) is -0.734. The zero-order chi connectivity index (χ0) is 10.9. The van der Waals surface area contributed by atoms with Gasteiger partial charge in [-0.1, -0.05) is 24.3 Å². The van der Waals surface area contributed by atoms with Crippen molar-refractivity contribution in [1.82, 2.24) is 0 Å². The summed E-state index contributed by atoms with van der Waals surface area (Å²) in [6.07, 6.45) is 12.2. The van der Waals surface area contributed by atoms with Crippen LogP contribution in [0, 0.1) is 0 Å². The summed E-state index contributed by atoms with van der Waals surface area (Å²) in [7, 11) is 0. The number of hydrogen-bond donors (Lipinski definition) is 1. The summed E-state index contributed by atoms with van der Waals surface area (Å²) >= 11 is 0. The zero-order valence-corrected chi connectivity index (χ0v) is 9.07. The standard InChI is InChI=1S/C12H20O2/c1-12(2,14)10-8-6-4-3-5-7-9-11-13/h4,6,8,10-11,14H,3,5,7,9H2,1-2H3/b6-4-,10-8+. The molecule has 0 aliphatic carbocycles. The summed E-state index contributed by atoms with van der Waals surface area (Å²) in [5.74, 6) is 0. The van der Waals surface area contributed by atoms with E-state index >= 15 is 0 Å². The van der Waals surface area contributed by atoms with Gasteiger partial charge in [-0.3, -0.25) is 0 Å². The van der Waals surface area contributed by atoms with Crippen molar-refractivity contribution in [3.05, 3.63) is 24.3 Å². The molecule has 0 atom stereocenters. The fraction of sp³-hybridized carbons (Fsp3) is 0.583. The van der Waals surface area contributed by atoms with Crippen molar-refractivity contribution in [2.24, 2.45) is 0 Å². The highest BCUT2D eigenvalue weighted by Crippen LogP contribution is 2.03. The molecule has 0 aliphatic rings. The number of aliphatic hydroxyl groups is 1. The Bertz CT molecular complexity index is 197. The van der Waals surface area contributed by atoms with E-state index in [4.69, 9.17) is 0 Å². The maximum Gasteiger partial charge on any atom is 0.119 e. The van der Waals surface area contributed by atoms with Gasteiger partial charge >= 0.3 is 0 Å². The molecule has 2 nitrogen and oxygen atoms in total. The van der Waals surface area contributed by atoms with Gasteiger partial charge in [0.1, 0.15) is 6.29 Å². The summed E-state index contributed by atoms with van der Waals surface area (Å²) < 4.78 is 0. The van der Waals surface area contributed by atoms with Gasteiger partial charge in [-0.05, 0) is 33.1 Å². The van der Waals surface area contributed by atoms with Gasteiger partial charge in [0, 0.05) is 6.42 Å². The molecule has 0 spiro atoms. The third-order valence-electron chi connectivity index (χ3n) is 1.69. The number of hydrogen-bond acceptors (Lipinski definition) is 2. The highest BCUT2D eigenvalue weighted by Gasteiger charge is 2.03. The average molecular weight is 196 g/mol. The lowest BCUT2D eigenvalue weighted by Crippen LogP contribution is -2.13. The Balaban J connectivity index is 3.45. The first kappa shape index (κ1) is 13.1. The monoisotopic (exact) mass is 196 g/mol. The van der Waals surface area contributed by atoms with Crippen LogP contribution in [0.5, 0.6) is 0 Å². The van der Waals surface area contributed by atoms with Crippen LogP contribution in [-0.2, 0) is 4.79 Å². The first-order chi connectivity index (χ1) is 6.56. The van der Waals surface area contributed by atoms with Gasteiger partial charge in [0.15, 0.2) is 0 Å². The molecule has 0 saturated carbocycles. The summed E-state index contributed by atoms with van der Waals surface area (Å²) in [4.78, 5) is 9.99. The normalized spacial score (nSPS) is 12.8. The summed E-state index contributed by atoms with van der Waals surface area (Å²) in [6, 6.07) is 0. The quantitative estimate of drug-likeness (QED) is 0.386. The molecule has 0 unspecified atom stereocenters. The van der Waals surface area contributed by atoms with Crippen LogP contribution in [0.1, 0.15) is 39.5 Å². The van der Waals surface area contributed by atoms with Gasteiger partial charge in [-0.2, -0.15) is 0 Å². The van der Waals surface area contributed by atoms with E-state index in [2.05, 4.69) is 0 Å².